The molecule has 0 atom stereocenters. The first-order valence-corrected chi connectivity index (χ1v) is 12.4. The fourth-order valence-electron chi connectivity index (χ4n) is 4.02. The molecule has 7 nitrogen and oxygen atoms in total. The minimum absolute atomic E-state index is 0. The highest BCUT2D eigenvalue weighted by atomic mass is 35.5. The van der Waals surface area contributed by atoms with Crippen molar-refractivity contribution in [1.82, 2.24) is 9.88 Å². The molecular weight excluding hydrogens is 480 g/mol. The van der Waals surface area contributed by atoms with Gasteiger partial charge in [0.2, 0.25) is 0 Å². The van der Waals surface area contributed by atoms with Crippen molar-refractivity contribution in [3.63, 3.8) is 0 Å². The Hall–Kier alpha value is -1.94. The van der Waals surface area contributed by atoms with Gasteiger partial charge < -0.3 is 14.8 Å². The van der Waals surface area contributed by atoms with Crippen molar-refractivity contribution in [2.75, 3.05) is 43.6 Å². The third kappa shape index (κ3) is 4.71. The lowest BCUT2D eigenvalue weighted by Gasteiger charge is -2.23. The zero-order valence-corrected chi connectivity index (χ0v) is 20.0. The summed E-state index contributed by atoms with van der Waals surface area (Å²) in [6.07, 6.45) is 5.99. The number of nitrogens with zero attached hydrogens (tertiary/aromatic N) is 2. The molecule has 0 unspecified atom stereocenters. The molecule has 11 heteroatoms. The summed E-state index contributed by atoms with van der Waals surface area (Å²) in [7, 11) is -1.78. The molecule has 1 N–H and O–H groups in total. The van der Waals surface area contributed by atoms with Crippen molar-refractivity contribution in [1.29, 1.82) is 0 Å². The van der Waals surface area contributed by atoms with E-state index in [4.69, 9.17) is 11.6 Å². The van der Waals surface area contributed by atoms with Gasteiger partial charge in [-0.3, -0.25) is 9.59 Å². The van der Waals surface area contributed by atoms with Gasteiger partial charge >= 0.3 is 0 Å². The Labute approximate surface area is 196 Å². The van der Waals surface area contributed by atoms with Crippen LogP contribution in [0, 0.1) is 5.82 Å². The molecule has 1 aromatic carbocycles. The average molecular weight is 504 g/mol. The van der Waals surface area contributed by atoms with Gasteiger partial charge in [-0.05, 0) is 31.5 Å². The second-order valence-corrected chi connectivity index (χ2v) is 10.7. The lowest BCUT2D eigenvalue weighted by atomic mass is 10.1. The number of nitrogens with one attached hydrogen (secondary N) is 1. The van der Waals surface area contributed by atoms with Crippen molar-refractivity contribution in [3.05, 3.63) is 50.5 Å². The largest absolute Gasteiger partial charge is 0.360 e. The standard InChI is InChI=1S/C21H23ClFN3O4S.ClH/c1-24-8-12-5-6-25(9-12)20-16(23)7-14-19(18(20)22)26(13-3-4-13)10-15(21(14)28)17(27)11-31(2,29)30;/h5,7,10,13,24H,3-4,6,8-9,11H2,1-2H3;1H. The van der Waals surface area contributed by atoms with E-state index in [1.54, 1.807) is 4.57 Å². The van der Waals surface area contributed by atoms with Crippen molar-refractivity contribution in [3.8, 4) is 0 Å². The monoisotopic (exact) mass is 503 g/mol. The second-order valence-electron chi connectivity index (χ2n) is 8.19. The molecule has 0 spiro atoms. The van der Waals surface area contributed by atoms with Gasteiger partial charge in [-0.25, -0.2) is 12.8 Å². The average Bonchev–Trinajstić information content (AvgIpc) is 3.41. The number of hydrogen-bond acceptors (Lipinski definition) is 6. The number of Topliss-reactive ketones (excluding diaryl/α,β-unsaturated/α-hetero) is 1. The van der Waals surface area contributed by atoms with Crippen LogP contribution in [-0.2, 0) is 9.84 Å². The van der Waals surface area contributed by atoms with Gasteiger partial charge in [0.25, 0.3) is 0 Å². The molecular formula is C21H24Cl2FN3O4S. The van der Waals surface area contributed by atoms with Crippen LogP contribution in [0.2, 0.25) is 5.02 Å². The van der Waals surface area contributed by atoms with Gasteiger partial charge in [-0.2, -0.15) is 0 Å². The van der Waals surface area contributed by atoms with Crippen LogP contribution in [0.5, 0.6) is 0 Å². The minimum atomic E-state index is -3.62. The Bertz CT molecular complexity index is 1290. The molecule has 0 amide bonds. The summed E-state index contributed by atoms with van der Waals surface area (Å²) in [4.78, 5) is 27.4. The lowest BCUT2D eigenvalue weighted by molar-refractivity contribution is 0.101. The summed E-state index contributed by atoms with van der Waals surface area (Å²) in [6, 6.07) is 1.14. The first-order valence-electron chi connectivity index (χ1n) is 9.96. The van der Waals surface area contributed by atoms with Crippen molar-refractivity contribution >= 4 is 56.2 Å². The summed E-state index contributed by atoms with van der Waals surface area (Å²) in [5.41, 5.74) is 0.749. The third-order valence-corrected chi connectivity index (χ3v) is 6.68. The predicted molar refractivity (Wildman–Crippen MR) is 127 cm³/mol. The molecule has 2 aliphatic rings. The van der Waals surface area contributed by atoms with Crippen LogP contribution in [-0.4, -0.2) is 57.5 Å². The molecule has 174 valence electrons. The SMILES string of the molecule is CNCC1=CCN(c2c(F)cc3c(=O)c(C(=O)CS(C)(=O)=O)cn(C4CC4)c3c2Cl)C1.Cl. The van der Waals surface area contributed by atoms with Crippen LogP contribution in [0.15, 0.2) is 28.7 Å². The maximum atomic E-state index is 15.2. The number of aromatic nitrogens is 1. The molecule has 2 heterocycles. The molecule has 1 aromatic heterocycles. The van der Waals surface area contributed by atoms with E-state index in [1.165, 1.54) is 6.20 Å². The Morgan fingerprint density at radius 3 is 2.62 bits per heavy atom. The van der Waals surface area contributed by atoms with E-state index in [-0.39, 0.29) is 40.1 Å². The molecule has 1 aliphatic heterocycles. The van der Waals surface area contributed by atoms with E-state index in [1.807, 2.05) is 18.0 Å². The van der Waals surface area contributed by atoms with Crippen LogP contribution in [0.4, 0.5) is 10.1 Å². The smallest absolute Gasteiger partial charge is 0.200 e. The Balaban J connectivity index is 0.00000289. The van der Waals surface area contributed by atoms with E-state index in [2.05, 4.69) is 5.32 Å². The van der Waals surface area contributed by atoms with Gasteiger partial charge in [0.05, 0.1) is 27.2 Å². The molecule has 0 bridgehead atoms. The fourth-order valence-corrected chi connectivity index (χ4v) is 5.06. The topological polar surface area (TPSA) is 88.5 Å². The molecule has 32 heavy (non-hydrogen) atoms. The molecule has 4 rings (SSSR count). The summed E-state index contributed by atoms with van der Waals surface area (Å²) >= 11 is 6.68. The highest BCUT2D eigenvalue weighted by Crippen LogP contribution is 2.42. The van der Waals surface area contributed by atoms with Crippen LogP contribution in [0.3, 0.4) is 0 Å². The van der Waals surface area contributed by atoms with Crippen LogP contribution < -0.4 is 15.6 Å². The molecule has 0 saturated heterocycles. The fraction of sp³-hybridized carbons (Fsp3) is 0.429. The molecule has 0 radical (unpaired) electrons. The summed E-state index contributed by atoms with van der Waals surface area (Å²) in [5, 5.41) is 3.18. The number of fused-ring (bicyclic) bond motifs is 1. The van der Waals surface area contributed by atoms with Gasteiger partial charge in [-0.15, -0.1) is 12.4 Å². The number of rotatable bonds is 7. The number of carbonyl (C=O) groups excluding carboxylic acids is 1. The van der Waals surface area contributed by atoms with Gasteiger partial charge in [0.1, 0.15) is 11.6 Å². The van der Waals surface area contributed by atoms with E-state index in [9.17, 15) is 18.0 Å². The molecule has 1 aliphatic carbocycles. The number of anilines is 1. The normalized spacial score (nSPS) is 16.2. The highest BCUT2D eigenvalue weighted by Gasteiger charge is 2.31. The number of likely N-dealkylation sites (N-methyl/N-ethyl adjacent to an activating group) is 1. The predicted octanol–water partition coefficient (Wildman–Crippen LogP) is 2.74. The first-order chi connectivity index (χ1) is 14.6. The van der Waals surface area contributed by atoms with E-state index in [0.717, 1.165) is 30.7 Å². The van der Waals surface area contributed by atoms with Crippen molar-refractivity contribution in [2.24, 2.45) is 0 Å². The maximum Gasteiger partial charge on any atom is 0.200 e. The number of benzene rings is 1. The Kier molecular flexibility index (Phi) is 7.05. The number of ketones is 1. The summed E-state index contributed by atoms with van der Waals surface area (Å²) in [6.45, 7) is 1.70. The third-order valence-electron chi connectivity index (χ3n) is 5.53. The van der Waals surface area contributed by atoms with Crippen LogP contribution in [0.25, 0.3) is 10.9 Å². The van der Waals surface area contributed by atoms with Gasteiger partial charge in [0.15, 0.2) is 21.0 Å². The van der Waals surface area contributed by atoms with E-state index >= 15 is 4.39 Å². The maximum absolute atomic E-state index is 15.2. The molecule has 2 aromatic rings. The number of pyridine rings is 1. The number of halogens is 3. The Morgan fingerprint density at radius 1 is 1.34 bits per heavy atom. The minimum Gasteiger partial charge on any atom is -0.360 e. The van der Waals surface area contributed by atoms with Gasteiger partial charge in [0, 0.05) is 38.1 Å². The van der Waals surface area contributed by atoms with Crippen LogP contribution in [0.1, 0.15) is 29.2 Å². The quantitative estimate of drug-likeness (QED) is 0.461. The zero-order valence-electron chi connectivity index (χ0n) is 17.7. The van der Waals surface area contributed by atoms with Crippen molar-refractivity contribution in [2.45, 2.75) is 18.9 Å². The van der Waals surface area contributed by atoms with Crippen LogP contribution >= 0.6 is 24.0 Å². The molecule has 1 saturated carbocycles. The molecule has 1 fully saturated rings. The first kappa shape index (κ1) is 24.7. The highest BCUT2D eigenvalue weighted by molar-refractivity contribution is 7.91. The number of carbonyl (C=O) groups is 1. The van der Waals surface area contributed by atoms with Crippen molar-refractivity contribution < 1.29 is 17.6 Å². The summed E-state index contributed by atoms with van der Waals surface area (Å²) < 4.78 is 40.1. The van der Waals surface area contributed by atoms with E-state index < -0.39 is 32.6 Å². The van der Waals surface area contributed by atoms with Gasteiger partial charge in [-0.1, -0.05) is 17.7 Å². The summed E-state index contributed by atoms with van der Waals surface area (Å²) in [5.74, 6) is -2.23. The second kappa shape index (κ2) is 9.13. The van der Waals surface area contributed by atoms with E-state index in [0.29, 0.717) is 25.2 Å². The number of sulfone groups is 1. The zero-order chi connectivity index (χ0) is 22.5. The lowest BCUT2D eigenvalue weighted by Crippen LogP contribution is -2.26. The number of hydrogen-bond donors (Lipinski definition) is 1. The Morgan fingerprint density at radius 2 is 2.03 bits per heavy atom.